The topological polar surface area (TPSA) is 65.5 Å². The molecule has 0 bridgehead atoms. The minimum atomic E-state index is -0.0655. The molecule has 5 nitrogen and oxygen atoms in total. The maximum absolute atomic E-state index is 11.9. The van der Waals surface area contributed by atoms with Gasteiger partial charge in [0.1, 0.15) is 0 Å². The van der Waals surface area contributed by atoms with Gasteiger partial charge in [0.25, 0.3) is 5.91 Å². The second-order valence-corrected chi connectivity index (χ2v) is 5.56. The van der Waals surface area contributed by atoms with Crippen LogP contribution in [-0.4, -0.2) is 37.5 Å². The molecule has 1 amide bonds. The van der Waals surface area contributed by atoms with Crippen LogP contribution in [0.15, 0.2) is 35.3 Å². The number of carbonyl (C=O) groups is 1. The van der Waals surface area contributed by atoms with Gasteiger partial charge in [0.05, 0.1) is 6.54 Å². The van der Waals surface area contributed by atoms with E-state index in [0.29, 0.717) is 30.6 Å². The summed E-state index contributed by atoms with van der Waals surface area (Å²) < 4.78 is 0. The summed E-state index contributed by atoms with van der Waals surface area (Å²) in [5.41, 5.74) is 0.671. The summed E-state index contributed by atoms with van der Waals surface area (Å²) in [5, 5.41) is 9.45. The van der Waals surface area contributed by atoms with Crippen molar-refractivity contribution in [2.24, 2.45) is 10.9 Å². The van der Waals surface area contributed by atoms with Crippen LogP contribution in [0.2, 0.25) is 0 Å². The van der Waals surface area contributed by atoms with Crippen molar-refractivity contribution in [3.63, 3.8) is 0 Å². The normalized spacial score (nSPS) is 12.3. The lowest BCUT2D eigenvalue weighted by Crippen LogP contribution is -2.44. The lowest BCUT2D eigenvalue weighted by molar-refractivity contribution is 0.0955. The summed E-state index contributed by atoms with van der Waals surface area (Å²) in [7, 11) is 0. The Kier molecular flexibility index (Phi) is 11.5. The number of benzene rings is 1. The van der Waals surface area contributed by atoms with Crippen LogP contribution in [0.3, 0.4) is 0 Å². The highest BCUT2D eigenvalue weighted by Crippen LogP contribution is 1.99. The highest BCUT2D eigenvalue weighted by Gasteiger charge is 2.08. The Morgan fingerprint density at radius 1 is 1.13 bits per heavy atom. The first-order valence-electron chi connectivity index (χ1n) is 7.92. The number of nitrogens with zero attached hydrogens (tertiary/aromatic N) is 1. The number of hydrogen-bond donors (Lipinski definition) is 3. The quantitative estimate of drug-likeness (QED) is 0.269. The summed E-state index contributed by atoms with van der Waals surface area (Å²) in [6.45, 7) is 10.4. The van der Waals surface area contributed by atoms with Crippen molar-refractivity contribution in [2.45, 2.75) is 33.7 Å². The molecule has 6 heteroatoms. The Balaban J connectivity index is 0.00000484. The molecule has 1 aromatic rings. The molecule has 1 atom stereocenters. The van der Waals surface area contributed by atoms with Crippen molar-refractivity contribution >= 4 is 35.8 Å². The molecule has 3 N–H and O–H groups in total. The molecule has 0 spiro atoms. The molecule has 0 saturated heterocycles. The fourth-order valence-electron chi connectivity index (χ4n) is 1.73. The van der Waals surface area contributed by atoms with E-state index in [1.807, 2.05) is 25.1 Å². The fraction of sp³-hybridized carbons (Fsp3) is 0.529. The lowest BCUT2D eigenvalue weighted by atomic mass is 10.1. The first kappa shape index (κ1) is 21.7. The van der Waals surface area contributed by atoms with Crippen LogP contribution < -0.4 is 16.0 Å². The Labute approximate surface area is 156 Å². The molecule has 130 valence electrons. The highest BCUT2D eigenvalue weighted by atomic mass is 127. The summed E-state index contributed by atoms with van der Waals surface area (Å²) in [4.78, 5) is 16.4. The van der Waals surface area contributed by atoms with Crippen molar-refractivity contribution < 1.29 is 4.79 Å². The number of amides is 1. The monoisotopic (exact) mass is 432 g/mol. The van der Waals surface area contributed by atoms with Crippen LogP contribution in [0.1, 0.15) is 38.1 Å². The van der Waals surface area contributed by atoms with Crippen molar-refractivity contribution in [2.75, 3.05) is 19.6 Å². The van der Waals surface area contributed by atoms with Gasteiger partial charge < -0.3 is 16.0 Å². The third-order valence-electron chi connectivity index (χ3n) is 3.41. The smallest absolute Gasteiger partial charge is 0.251 e. The average molecular weight is 432 g/mol. The van der Waals surface area contributed by atoms with E-state index in [-0.39, 0.29) is 29.9 Å². The van der Waals surface area contributed by atoms with Crippen LogP contribution in [0.25, 0.3) is 0 Å². The third-order valence-corrected chi connectivity index (χ3v) is 3.41. The van der Waals surface area contributed by atoms with Gasteiger partial charge >= 0.3 is 0 Å². The minimum Gasteiger partial charge on any atom is -0.357 e. The average Bonchev–Trinajstić information content (AvgIpc) is 2.52. The van der Waals surface area contributed by atoms with E-state index in [2.05, 4.69) is 41.7 Å². The van der Waals surface area contributed by atoms with Crippen LogP contribution in [-0.2, 0) is 0 Å². The lowest BCUT2D eigenvalue weighted by Gasteiger charge is -2.20. The van der Waals surface area contributed by atoms with Crippen LogP contribution in [0.4, 0.5) is 0 Å². The van der Waals surface area contributed by atoms with Gasteiger partial charge in [-0.15, -0.1) is 24.0 Å². The van der Waals surface area contributed by atoms with E-state index in [0.717, 1.165) is 12.5 Å². The summed E-state index contributed by atoms with van der Waals surface area (Å²) in [5.74, 6) is 1.25. The molecule has 1 rings (SSSR count). The second kappa shape index (κ2) is 12.2. The zero-order valence-electron chi connectivity index (χ0n) is 14.4. The molecule has 0 heterocycles. The Hall–Kier alpha value is -1.31. The Morgan fingerprint density at radius 3 is 2.35 bits per heavy atom. The first-order valence-corrected chi connectivity index (χ1v) is 7.92. The SMILES string of the molecule is CCNC(=NCCNC(=O)c1ccccc1)NC(C)C(C)C.I. The van der Waals surface area contributed by atoms with E-state index in [9.17, 15) is 4.79 Å². The van der Waals surface area contributed by atoms with Gasteiger partial charge in [-0.05, 0) is 31.9 Å². The predicted molar refractivity (Wildman–Crippen MR) is 108 cm³/mol. The Morgan fingerprint density at radius 2 is 1.78 bits per heavy atom. The molecule has 0 saturated carbocycles. The van der Waals surface area contributed by atoms with Gasteiger partial charge in [-0.2, -0.15) is 0 Å². The van der Waals surface area contributed by atoms with E-state index < -0.39 is 0 Å². The number of nitrogens with one attached hydrogen (secondary N) is 3. The molecule has 1 aromatic carbocycles. The van der Waals surface area contributed by atoms with Gasteiger partial charge in [0, 0.05) is 24.7 Å². The fourth-order valence-corrected chi connectivity index (χ4v) is 1.73. The number of hydrogen-bond acceptors (Lipinski definition) is 2. The zero-order chi connectivity index (χ0) is 16.4. The molecular weight excluding hydrogens is 403 g/mol. The summed E-state index contributed by atoms with van der Waals surface area (Å²) >= 11 is 0. The zero-order valence-corrected chi connectivity index (χ0v) is 16.8. The van der Waals surface area contributed by atoms with E-state index >= 15 is 0 Å². The number of aliphatic imine (C=N–C) groups is 1. The van der Waals surface area contributed by atoms with Crippen molar-refractivity contribution in [1.82, 2.24) is 16.0 Å². The third kappa shape index (κ3) is 8.78. The van der Waals surface area contributed by atoms with Gasteiger partial charge in [-0.1, -0.05) is 32.0 Å². The number of guanidine groups is 1. The van der Waals surface area contributed by atoms with Crippen molar-refractivity contribution in [3.05, 3.63) is 35.9 Å². The van der Waals surface area contributed by atoms with Crippen LogP contribution >= 0.6 is 24.0 Å². The van der Waals surface area contributed by atoms with Crippen LogP contribution in [0.5, 0.6) is 0 Å². The van der Waals surface area contributed by atoms with E-state index in [1.165, 1.54) is 0 Å². The maximum atomic E-state index is 11.9. The largest absolute Gasteiger partial charge is 0.357 e. The maximum Gasteiger partial charge on any atom is 0.251 e. The van der Waals surface area contributed by atoms with Gasteiger partial charge in [0.15, 0.2) is 5.96 Å². The molecule has 1 unspecified atom stereocenters. The molecule has 0 fully saturated rings. The molecule has 23 heavy (non-hydrogen) atoms. The van der Waals surface area contributed by atoms with Crippen LogP contribution in [0, 0.1) is 5.92 Å². The molecule has 0 aromatic heterocycles. The number of halogens is 1. The number of carbonyl (C=O) groups excluding carboxylic acids is 1. The van der Waals surface area contributed by atoms with Gasteiger partial charge in [-0.3, -0.25) is 9.79 Å². The molecule has 0 aliphatic rings. The molecule has 0 radical (unpaired) electrons. The Bertz CT molecular complexity index is 477. The molecule has 0 aliphatic carbocycles. The van der Waals surface area contributed by atoms with Gasteiger partial charge in [-0.25, -0.2) is 0 Å². The first-order chi connectivity index (χ1) is 10.5. The predicted octanol–water partition coefficient (Wildman–Crippen LogP) is 2.63. The van der Waals surface area contributed by atoms with E-state index in [4.69, 9.17) is 0 Å². The van der Waals surface area contributed by atoms with Gasteiger partial charge in [0.2, 0.25) is 0 Å². The minimum absolute atomic E-state index is 0. The second-order valence-electron chi connectivity index (χ2n) is 5.56. The highest BCUT2D eigenvalue weighted by molar-refractivity contribution is 14.0. The van der Waals surface area contributed by atoms with E-state index in [1.54, 1.807) is 12.1 Å². The van der Waals surface area contributed by atoms with Crippen molar-refractivity contribution in [3.8, 4) is 0 Å². The summed E-state index contributed by atoms with van der Waals surface area (Å²) in [6, 6.07) is 9.55. The molecule has 0 aliphatic heterocycles. The molecular formula is C17H29IN4O. The standard InChI is InChI=1S/C17H28N4O.HI/c1-5-18-17(21-14(4)13(2)3)20-12-11-19-16(22)15-9-7-6-8-10-15;/h6-10,13-14H,5,11-12H2,1-4H3,(H,19,22)(H2,18,20,21);1H. The van der Waals surface area contributed by atoms with Crippen molar-refractivity contribution in [1.29, 1.82) is 0 Å². The number of rotatable bonds is 7. The summed E-state index contributed by atoms with van der Waals surface area (Å²) in [6.07, 6.45) is 0.